The minimum Gasteiger partial charge on any atom is -0.444 e. The van der Waals surface area contributed by atoms with E-state index >= 15 is 0 Å². The normalized spacial score (nSPS) is 23.1. The molecule has 0 saturated carbocycles. The van der Waals surface area contributed by atoms with E-state index in [-0.39, 0.29) is 11.6 Å². The van der Waals surface area contributed by atoms with E-state index < -0.39 is 44.0 Å². The van der Waals surface area contributed by atoms with Gasteiger partial charge in [-0.3, -0.25) is 4.90 Å². The molecule has 3 atom stereocenters. The molecule has 0 bridgehead atoms. The number of nitrogens with zero attached hydrogens (tertiary/aromatic N) is 1. The second-order valence-corrected chi connectivity index (χ2v) is 15.3. The zero-order chi connectivity index (χ0) is 22.1. The van der Waals surface area contributed by atoms with Crippen LogP contribution in [-0.4, -0.2) is 60.6 Å². The van der Waals surface area contributed by atoms with Gasteiger partial charge in [0.15, 0.2) is 8.32 Å². The van der Waals surface area contributed by atoms with Gasteiger partial charge in [0.2, 0.25) is 0 Å². The highest BCUT2D eigenvalue weighted by Crippen LogP contribution is 2.39. The molecule has 1 saturated heterocycles. The quantitative estimate of drug-likeness (QED) is 0.521. The van der Waals surface area contributed by atoms with Gasteiger partial charge >= 0.3 is 6.09 Å². The van der Waals surface area contributed by atoms with Crippen LogP contribution in [0, 0.1) is 0 Å². The number of rotatable bonds is 5. The molecule has 0 aromatic rings. The molecule has 1 rings (SSSR count). The number of hydrogen-bond donors (Lipinski definition) is 1. The third-order valence-electron chi connectivity index (χ3n) is 5.46. The number of allylic oxidation sites excluding steroid dienone is 1. The Bertz CT molecular complexity index is 574. The van der Waals surface area contributed by atoms with Crippen molar-refractivity contribution in [2.24, 2.45) is 0 Å². The van der Waals surface area contributed by atoms with E-state index in [1.165, 1.54) is 4.90 Å². The first kappa shape index (κ1) is 25.1. The number of carbonyl (C=O) groups excluding carboxylic acids is 1. The predicted octanol–water partition coefficient (Wildman–Crippen LogP) is 4.69. The molecule has 1 fully saturated rings. The monoisotopic (exact) mass is 415 g/mol. The van der Waals surface area contributed by atoms with Crippen LogP contribution < -0.4 is 0 Å². The summed E-state index contributed by atoms with van der Waals surface area (Å²) in [6.07, 6.45) is 1.78. The molecule has 1 N–H and O–H groups in total. The molecule has 0 aromatic carbocycles. The first-order chi connectivity index (χ1) is 12.4. The Morgan fingerprint density at radius 3 is 2.21 bits per heavy atom. The molecule has 164 valence electrons. The van der Waals surface area contributed by atoms with Crippen molar-refractivity contribution in [3.8, 4) is 0 Å². The number of aliphatic hydroxyl groups is 1. The summed E-state index contributed by atoms with van der Waals surface area (Å²) in [6, 6.07) is -0.559. The summed E-state index contributed by atoms with van der Waals surface area (Å²) >= 11 is 0. The lowest BCUT2D eigenvalue weighted by atomic mass is 10.0. The van der Waals surface area contributed by atoms with E-state index in [2.05, 4.69) is 33.9 Å². The second-order valence-electron chi connectivity index (χ2n) is 10.5. The van der Waals surface area contributed by atoms with Crippen molar-refractivity contribution in [2.75, 3.05) is 6.61 Å². The lowest BCUT2D eigenvalue weighted by molar-refractivity contribution is -0.0724. The summed E-state index contributed by atoms with van der Waals surface area (Å²) in [4.78, 5) is 14.4. The molecule has 1 aliphatic heterocycles. The van der Waals surface area contributed by atoms with Crippen molar-refractivity contribution in [1.82, 2.24) is 4.90 Å². The zero-order valence-corrected chi connectivity index (χ0v) is 20.6. The fourth-order valence-corrected chi connectivity index (χ4v) is 4.15. The zero-order valence-electron chi connectivity index (χ0n) is 19.6. The van der Waals surface area contributed by atoms with Gasteiger partial charge in [-0.2, -0.15) is 0 Å². The van der Waals surface area contributed by atoms with E-state index in [1.807, 2.05) is 53.7 Å². The summed E-state index contributed by atoms with van der Waals surface area (Å²) < 4.78 is 17.9. The first-order valence-corrected chi connectivity index (χ1v) is 13.0. The Kier molecular flexibility index (Phi) is 7.60. The molecule has 1 aliphatic rings. The number of amides is 1. The van der Waals surface area contributed by atoms with Crippen LogP contribution in [0.25, 0.3) is 0 Å². The third kappa shape index (κ3) is 6.05. The summed E-state index contributed by atoms with van der Waals surface area (Å²) in [6.45, 7) is 22.0. The molecule has 0 radical (unpaired) electrons. The standard InChI is InChI=1S/C21H41NO5Si/c1-12-13-16(27-28(10,11)20(5,6)7)17(23)15-14-25-21(8,9)22(15)18(24)26-19(2,3)4/h12-13,15-17,23H,14H2,1-11H3/b13-12+/t15-,16+,17+/m1/s1. The molecule has 1 amide bonds. The average molecular weight is 416 g/mol. The lowest BCUT2D eigenvalue weighted by Crippen LogP contribution is -2.57. The maximum absolute atomic E-state index is 12.9. The van der Waals surface area contributed by atoms with Crippen molar-refractivity contribution in [3.63, 3.8) is 0 Å². The molecule has 28 heavy (non-hydrogen) atoms. The van der Waals surface area contributed by atoms with Crippen LogP contribution in [0.3, 0.4) is 0 Å². The Hall–Kier alpha value is -0.893. The first-order valence-electron chi connectivity index (χ1n) is 10.1. The van der Waals surface area contributed by atoms with E-state index in [0.717, 1.165) is 0 Å². The highest BCUT2D eigenvalue weighted by Gasteiger charge is 2.51. The summed E-state index contributed by atoms with van der Waals surface area (Å²) in [7, 11) is -2.13. The summed E-state index contributed by atoms with van der Waals surface area (Å²) in [5.74, 6) is 0. The number of aliphatic hydroxyl groups excluding tert-OH is 1. The largest absolute Gasteiger partial charge is 0.444 e. The van der Waals surface area contributed by atoms with Crippen molar-refractivity contribution < 1.29 is 23.8 Å². The van der Waals surface area contributed by atoms with Gasteiger partial charge in [-0.1, -0.05) is 32.9 Å². The molecular weight excluding hydrogens is 374 g/mol. The Morgan fingerprint density at radius 1 is 1.25 bits per heavy atom. The van der Waals surface area contributed by atoms with E-state index in [9.17, 15) is 9.90 Å². The van der Waals surface area contributed by atoms with E-state index in [0.29, 0.717) is 0 Å². The van der Waals surface area contributed by atoms with Crippen molar-refractivity contribution in [1.29, 1.82) is 0 Å². The Morgan fingerprint density at radius 2 is 1.79 bits per heavy atom. The molecule has 1 heterocycles. The van der Waals surface area contributed by atoms with Crippen LogP contribution in [0.1, 0.15) is 62.3 Å². The van der Waals surface area contributed by atoms with Gasteiger partial charge in [-0.15, -0.1) is 0 Å². The van der Waals surface area contributed by atoms with Gasteiger partial charge in [0, 0.05) is 0 Å². The minimum absolute atomic E-state index is 0.00283. The molecule has 0 spiro atoms. The molecule has 6 nitrogen and oxygen atoms in total. The lowest BCUT2D eigenvalue weighted by Gasteiger charge is -2.42. The van der Waals surface area contributed by atoms with Gasteiger partial charge in [-0.05, 0) is 59.7 Å². The Balaban J connectivity index is 3.16. The van der Waals surface area contributed by atoms with Gasteiger partial charge in [0.05, 0.1) is 18.8 Å². The van der Waals surface area contributed by atoms with Gasteiger partial charge in [-0.25, -0.2) is 4.79 Å². The summed E-state index contributed by atoms with van der Waals surface area (Å²) in [5.41, 5.74) is -1.50. The van der Waals surface area contributed by atoms with Gasteiger partial charge in [0.25, 0.3) is 0 Å². The second kappa shape index (κ2) is 8.46. The highest BCUT2D eigenvalue weighted by atomic mass is 28.4. The van der Waals surface area contributed by atoms with Crippen LogP contribution in [0.2, 0.25) is 18.1 Å². The van der Waals surface area contributed by atoms with Crippen molar-refractivity contribution in [3.05, 3.63) is 12.2 Å². The molecule has 0 unspecified atom stereocenters. The van der Waals surface area contributed by atoms with E-state index in [1.54, 1.807) is 0 Å². The average Bonchev–Trinajstić information content (AvgIpc) is 2.78. The Labute approximate surface area is 172 Å². The molecule has 0 aromatic heterocycles. The minimum atomic E-state index is -2.13. The van der Waals surface area contributed by atoms with E-state index in [4.69, 9.17) is 13.9 Å². The molecule has 7 heteroatoms. The topological polar surface area (TPSA) is 68.2 Å². The number of hydrogen-bond acceptors (Lipinski definition) is 5. The predicted molar refractivity (Wildman–Crippen MR) is 115 cm³/mol. The molecule has 0 aliphatic carbocycles. The smallest absolute Gasteiger partial charge is 0.412 e. The van der Waals surface area contributed by atoms with Gasteiger partial charge in [0.1, 0.15) is 17.4 Å². The number of carbonyl (C=O) groups is 1. The summed E-state index contributed by atoms with van der Waals surface area (Å²) in [5, 5.41) is 11.2. The molecular formula is C21H41NO5Si. The van der Waals surface area contributed by atoms with Gasteiger partial charge < -0.3 is 19.0 Å². The van der Waals surface area contributed by atoms with Crippen LogP contribution in [0.4, 0.5) is 4.79 Å². The third-order valence-corrected chi connectivity index (χ3v) is 9.93. The maximum atomic E-state index is 12.9. The highest BCUT2D eigenvalue weighted by molar-refractivity contribution is 6.74. The fraction of sp³-hybridized carbons (Fsp3) is 0.857. The van der Waals surface area contributed by atoms with Crippen LogP contribution in [0.5, 0.6) is 0 Å². The fourth-order valence-electron chi connectivity index (χ4n) is 2.90. The maximum Gasteiger partial charge on any atom is 0.412 e. The SMILES string of the molecule is C/C=C/[C@H](O[Si](C)(C)C(C)(C)C)[C@@H](O)[C@H]1COC(C)(C)N1C(=O)OC(C)(C)C. The van der Waals surface area contributed by atoms with Crippen LogP contribution in [-0.2, 0) is 13.9 Å². The van der Waals surface area contributed by atoms with Crippen molar-refractivity contribution in [2.45, 2.75) is 110 Å². The van der Waals surface area contributed by atoms with Crippen LogP contribution in [0.15, 0.2) is 12.2 Å². The van der Waals surface area contributed by atoms with Crippen LogP contribution >= 0.6 is 0 Å². The van der Waals surface area contributed by atoms with Crippen molar-refractivity contribution >= 4 is 14.4 Å². The number of ether oxygens (including phenoxy) is 2.